The second-order valence-corrected chi connectivity index (χ2v) is 3.79. The van der Waals surface area contributed by atoms with Crippen LogP contribution in [0.3, 0.4) is 0 Å². The minimum atomic E-state index is 0.116. The van der Waals surface area contributed by atoms with Gasteiger partial charge < -0.3 is 10.6 Å². The molecule has 0 radical (unpaired) electrons. The number of likely N-dealkylation sites (N-methyl/N-ethyl adjacent to an activating group) is 1. The van der Waals surface area contributed by atoms with E-state index in [1.165, 1.54) is 0 Å². The molecule has 2 N–H and O–H groups in total. The first-order valence-electron chi connectivity index (χ1n) is 5.43. The predicted molar refractivity (Wildman–Crippen MR) is 57.2 cm³/mol. The van der Waals surface area contributed by atoms with E-state index in [0.29, 0.717) is 12.6 Å². The third kappa shape index (κ3) is 3.27. The molecule has 1 atom stereocenters. The molecule has 1 saturated heterocycles. The summed E-state index contributed by atoms with van der Waals surface area (Å²) in [6, 6.07) is 0.548. The van der Waals surface area contributed by atoms with Crippen molar-refractivity contribution in [1.82, 2.24) is 15.5 Å². The van der Waals surface area contributed by atoms with Gasteiger partial charge in [-0.3, -0.25) is 9.69 Å². The van der Waals surface area contributed by atoms with Gasteiger partial charge in [-0.25, -0.2) is 0 Å². The fraction of sp³-hybridized carbons (Fsp3) is 0.900. The van der Waals surface area contributed by atoms with Crippen molar-refractivity contribution in [2.24, 2.45) is 0 Å². The van der Waals surface area contributed by atoms with Gasteiger partial charge in [-0.05, 0) is 25.9 Å². The van der Waals surface area contributed by atoms with Crippen LogP contribution in [-0.2, 0) is 4.79 Å². The Hall–Kier alpha value is -0.610. The van der Waals surface area contributed by atoms with Crippen molar-refractivity contribution in [3.63, 3.8) is 0 Å². The van der Waals surface area contributed by atoms with Crippen LogP contribution in [0.2, 0.25) is 0 Å². The van der Waals surface area contributed by atoms with Gasteiger partial charge in [0.1, 0.15) is 0 Å². The minimum Gasteiger partial charge on any atom is -0.358 e. The maximum atomic E-state index is 11.3. The molecule has 1 aliphatic heterocycles. The summed E-state index contributed by atoms with van der Waals surface area (Å²) in [5.74, 6) is 0.116. The van der Waals surface area contributed by atoms with E-state index in [1.54, 1.807) is 7.05 Å². The highest BCUT2D eigenvalue weighted by molar-refractivity contribution is 5.77. The molecule has 0 spiro atoms. The molecule has 0 aromatic heterocycles. The molecule has 82 valence electrons. The average Bonchev–Trinajstić information content (AvgIpc) is 2.69. The quantitative estimate of drug-likeness (QED) is 0.645. The molecule has 0 aromatic rings. The zero-order chi connectivity index (χ0) is 10.4. The van der Waals surface area contributed by atoms with Crippen LogP contribution >= 0.6 is 0 Å². The summed E-state index contributed by atoms with van der Waals surface area (Å²) >= 11 is 0. The highest BCUT2D eigenvalue weighted by atomic mass is 16.1. The Morgan fingerprint density at radius 3 is 2.93 bits per heavy atom. The van der Waals surface area contributed by atoms with Crippen molar-refractivity contribution >= 4 is 5.91 Å². The van der Waals surface area contributed by atoms with Crippen LogP contribution in [0.5, 0.6) is 0 Å². The van der Waals surface area contributed by atoms with E-state index >= 15 is 0 Å². The second kappa shape index (κ2) is 5.98. The largest absolute Gasteiger partial charge is 0.358 e. The maximum absolute atomic E-state index is 11.3. The van der Waals surface area contributed by atoms with Gasteiger partial charge in [0.05, 0.1) is 6.54 Å². The van der Waals surface area contributed by atoms with Crippen molar-refractivity contribution in [2.75, 3.05) is 33.2 Å². The lowest BCUT2D eigenvalue weighted by atomic mass is 10.2. The van der Waals surface area contributed by atoms with E-state index < -0.39 is 0 Å². The summed E-state index contributed by atoms with van der Waals surface area (Å²) in [4.78, 5) is 13.6. The highest BCUT2D eigenvalue weighted by Crippen LogP contribution is 2.08. The Morgan fingerprint density at radius 2 is 2.43 bits per heavy atom. The van der Waals surface area contributed by atoms with Gasteiger partial charge in [0.15, 0.2) is 0 Å². The summed E-state index contributed by atoms with van der Waals surface area (Å²) in [5.41, 5.74) is 0. The van der Waals surface area contributed by atoms with Crippen LogP contribution < -0.4 is 10.6 Å². The second-order valence-electron chi connectivity index (χ2n) is 3.79. The van der Waals surface area contributed by atoms with Gasteiger partial charge >= 0.3 is 0 Å². The van der Waals surface area contributed by atoms with Gasteiger partial charge in [-0.2, -0.15) is 0 Å². The van der Waals surface area contributed by atoms with Crippen LogP contribution in [0.4, 0.5) is 0 Å². The van der Waals surface area contributed by atoms with Gasteiger partial charge in [0.25, 0.3) is 0 Å². The summed E-state index contributed by atoms with van der Waals surface area (Å²) in [6.07, 6.45) is 2.27. The number of hydrogen-bond acceptors (Lipinski definition) is 3. The fourth-order valence-electron chi connectivity index (χ4n) is 1.89. The van der Waals surface area contributed by atoms with E-state index in [1.807, 2.05) is 0 Å². The number of carbonyl (C=O) groups is 1. The molecular weight excluding hydrogens is 178 g/mol. The Kier molecular flexibility index (Phi) is 4.90. The molecule has 0 aliphatic carbocycles. The first kappa shape index (κ1) is 11.5. The number of carbonyl (C=O) groups excluding carboxylic acids is 1. The molecule has 0 aromatic carbocycles. The fourth-order valence-corrected chi connectivity index (χ4v) is 1.89. The number of nitrogens with one attached hydrogen (secondary N) is 2. The molecule has 1 aliphatic rings. The smallest absolute Gasteiger partial charge is 0.233 e. The van der Waals surface area contributed by atoms with Crippen LogP contribution in [0.1, 0.15) is 19.8 Å². The Morgan fingerprint density at radius 1 is 1.64 bits per heavy atom. The van der Waals surface area contributed by atoms with Crippen molar-refractivity contribution < 1.29 is 4.79 Å². The van der Waals surface area contributed by atoms with Gasteiger partial charge in [-0.1, -0.05) is 6.92 Å². The van der Waals surface area contributed by atoms with Gasteiger partial charge in [0.2, 0.25) is 5.91 Å². The van der Waals surface area contributed by atoms with Crippen LogP contribution in [0, 0.1) is 0 Å². The zero-order valence-electron chi connectivity index (χ0n) is 9.18. The zero-order valence-corrected chi connectivity index (χ0v) is 9.18. The number of nitrogens with zero attached hydrogens (tertiary/aromatic N) is 1. The summed E-state index contributed by atoms with van der Waals surface area (Å²) in [5, 5.41) is 6.01. The van der Waals surface area contributed by atoms with Crippen molar-refractivity contribution in [2.45, 2.75) is 25.8 Å². The van der Waals surface area contributed by atoms with Crippen molar-refractivity contribution in [1.29, 1.82) is 0 Å². The maximum Gasteiger partial charge on any atom is 0.233 e. The predicted octanol–water partition coefficient (Wildman–Crippen LogP) is -0.194. The molecule has 1 unspecified atom stereocenters. The first-order chi connectivity index (χ1) is 6.77. The summed E-state index contributed by atoms with van der Waals surface area (Å²) < 4.78 is 0. The lowest BCUT2D eigenvalue weighted by molar-refractivity contribution is -0.122. The Balaban J connectivity index is 2.40. The molecule has 14 heavy (non-hydrogen) atoms. The highest BCUT2D eigenvalue weighted by Gasteiger charge is 2.22. The average molecular weight is 199 g/mol. The first-order valence-corrected chi connectivity index (χ1v) is 5.43. The molecule has 1 fully saturated rings. The lowest BCUT2D eigenvalue weighted by Gasteiger charge is -2.26. The van der Waals surface area contributed by atoms with Crippen molar-refractivity contribution in [3.05, 3.63) is 0 Å². The SMILES string of the molecule is CCCN(CC(=O)NC)C1CCNC1. The third-order valence-electron chi connectivity index (χ3n) is 2.69. The standard InChI is InChI=1S/C10H21N3O/c1-3-6-13(8-10(14)11-2)9-4-5-12-7-9/h9,12H,3-8H2,1-2H3,(H,11,14). The molecule has 0 saturated carbocycles. The Bertz CT molecular complexity index is 178. The van der Waals surface area contributed by atoms with E-state index in [4.69, 9.17) is 0 Å². The molecule has 0 bridgehead atoms. The van der Waals surface area contributed by atoms with Crippen molar-refractivity contribution in [3.8, 4) is 0 Å². The van der Waals surface area contributed by atoms with Crippen LogP contribution in [0.25, 0.3) is 0 Å². The monoisotopic (exact) mass is 199 g/mol. The summed E-state index contributed by atoms with van der Waals surface area (Å²) in [7, 11) is 1.69. The molecule has 1 amide bonds. The third-order valence-corrected chi connectivity index (χ3v) is 2.69. The number of hydrogen-bond donors (Lipinski definition) is 2. The van der Waals surface area contributed by atoms with Gasteiger partial charge in [-0.15, -0.1) is 0 Å². The molecular formula is C10H21N3O. The minimum absolute atomic E-state index is 0.116. The molecule has 1 rings (SSSR count). The Labute approximate surface area is 86.0 Å². The molecule has 4 nitrogen and oxygen atoms in total. The summed E-state index contributed by atoms with van der Waals surface area (Å²) in [6.45, 7) is 5.81. The van der Waals surface area contributed by atoms with E-state index in [2.05, 4.69) is 22.5 Å². The normalized spacial score (nSPS) is 21.5. The van der Waals surface area contributed by atoms with E-state index in [0.717, 1.165) is 32.5 Å². The lowest BCUT2D eigenvalue weighted by Crippen LogP contribution is -2.43. The van der Waals surface area contributed by atoms with Gasteiger partial charge in [0, 0.05) is 19.6 Å². The van der Waals surface area contributed by atoms with Crippen LogP contribution in [-0.4, -0.2) is 50.1 Å². The molecule has 4 heteroatoms. The number of rotatable bonds is 5. The van der Waals surface area contributed by atoms with E-state index in [9.17, 15) is 4.79 Å². The topological polar surface area (TPSA) is 44.4 Å². The number of amides is 1. The van der Waals surface area contributed by atoms with E-state index in [-0.39, 0.29) is 5.91 Å². The molecule has 1 heterocycles. The van der Waals surface area contributed by atoms with Crippen LogP contribution in [0.15, 0.2) is 0 Å².